The Labute approximate surface area is 128 Å². The zero-order valence-corrected chi connectivity index (χ0v) is 13.5. The van der Waals surface area contributed by atoms with Crippen LogP contribution in [0.15, 0.2) is 24.3 Å². The topological polar surface area (TPSA) is 72.2 Å². The molecule has 1 aromatic carbocycles. The molecule has 0 radical (unpaired) electrons. The van der Waals surface area contributed by atoms with E-state index < -0.39 is 10.0 Å². The van der Waals surface area contributed by atoms with Crippen LogP contribution in [0.3, 0.4) is 0 Å². The molecule has 0 aromatic heterocycles. The van der Waals surface area contributed by atoms with Crippen LogP contribution in [0.4, 0.5) is 0 Å². The van der Waals surface area contributed by atoms with Crippen LogP contribution in [-0.2, 0) is 22.3 Å². The van der Waals surface area contributed by atoms with Crippen molar-refractivity contribution in [1.29, 1.82) is 0 Å². The maximum absolute atomic E-state index is 12.4. The van der Waals surface area contributed by atoms with Gasteiger partial charge in [-0.3, -0.25) is 0 Å². The summed E-state index contributed by atoms with van der Waals surface area (Å²) in [7, 11) is -3.30. The van der Waals surface area contributed by atoms with E-state index in [4.69, 9.17) is 5.73 Å². The molecule has 0 saturated heterocycles. The fraction of sp³-hybridized carbons (Fsp3) is 0.625. The number of nitrogens with two attached hydrogens (primary N) is 1. The molecule has 4 nitrogen and oxygen atoms in total. The second kappa shape index (κ2) is 7.38. The number of benzene rings is 1. The van der Waals surface area contributed by atoms with E-state index in [-0.39, 0.29) is 11.8 Å². The maximum Gasteiger partial charge on any atom is 0.216 e. The van der Waals surface area contributed by atoms with Gasteiger partial charge in [0.15, 0.2) is 0 Å². The number of sulfonamides is 1. The van der Waals surface area contributed by atoms with E-state index in [1.807, 2.05) is 24.3 Å². The van der Waals surface area contributed by atoms with Crippen LogP contribution in [0.25, 0.3) is 0 Å². The van der Waals surface area contributed by atoms with E-state index in [0.717, 1.165) is 30.4 Å². The first-order valence-electron chi connectivity index (χ1n) is 7.78. The van der Waals surface area contributed by atoms with Gasteiger partial charge >= 0.3 is 0 Å². The van der Waals surface area contributed by atoms with Crippen molar-refractivity contribution < 1.29 is 8.42 Å². The van der Waals surface area contributed by atoms with Gasteiger partial charge in [-0.1, -0.05) is 50.5 Å². The Morgan fingerprint density at radius 3 is 2.67 bits per heavy atom. The van der Waals surface area contributed by atoms with Gasteiger partial charge in [0, 0.05) is 12.6 Å². The van der Waals surface area contributed by atoms with Crippen LogP contribution in [0.2, 0.25) is 0 Å². The van der Waals surface area contributed by atoms with Crippen molar-refractivity contribution in [2.75, 3.05) is 0 Å². The zero-order valence-electron chi connectivity index (χ0n) is 12.7. The summed E-state index contributed by atoms with van der Waals surface area (Å²) < 4.78 is 27.7. The Morgan fingerprint density at radius 1 is 1.19 bits per heavy atom. The first-order chi connectivity index (χ1) is 10.00. The normalized spacial score (nSPS) is 23.7. The number of hydrogen-bond donors (Lipinski definition) is 2. The SMILES string of the molecule is CC1CCCCCC1NS(=O)(=O)Cc1cccc(CN)c1. The van der Waals surface area contributed by atoms with Crippen LogP contribution in [0.5, 0.6) is 0 Å². The van der Waals surface area contributed by atoms with Crippen molar-refractivity contribution in [3.05, 3.63) is 35.4 Å². The molecule has 0 heterocycles. The monoisotopic (exact) mass is 310 g/mol. The van der Waals surface area contributed by atoms with E-state index >= 15 is 0 Å². The molecule has 1 aliphatic carbocycles. The highest BCUT2D eigenvalue weighted by Crippen LogP contribution is 2.24. The molecule has 21 heavy (non-hydrogen) atoms. The quantitative estimate of drug-likeness (QED) is 0.821. The average Bonchev–Trinajstić information content (AvgIpc) is 2.63. The number of hydrogen-bond acceptors (Lipinski definition) is 3. The standard InChI is InChI=1S/C16H26N2O2S/c1-13-6-3-2-4-9-16(13)18-21(19,20)12-15-8-5-7-14(10-15)11-17/h5,7-8,10,13,16,18H,2-4,6,9,11-12,17H2,1H3. The summed E-state index contributed by atoms with van der Waals surface area (Å²) in [5.74, 6) is 0.446. The molecule has 1 aliphatic rings. The van der Waals surface area contributed by atoms with Crippen molar-refractivity contribution in [2.24, 2.45) is 11.7 Å². The molecular formula is C16H26N2O2S. The summed E-state index contributed by atoms with van der Waals surface area (Å²) in [4.78, 5) is 0. The lowest BCUT2D eigenvalue weighted by molar-refractivity contribution is 0.399. The Bertz CT molecular complexity index is 557. The summed E-state index contributed by atoms with van der Waals surface area (Å²) in [6.45, 7) is 2.58. The summed E-state index contributed by atoms with van der Waals surface area (Å²) >= 11 is 0. The molecule has 5 heteroatoms. The lowest BCUT2D eigenvalue weighted by Crippen LogP contribution is -2.39. The molecule has 1 saturated carbocycles. The van der Waals surface area contributed by atoms with E-state index in [1.54, 1.807) is 0 Å². The van der Waals surface area contributed by atoms with Gasteiger partial charge in [0.2, 0.25) is 10.0 Å². The molecule has 0 spiro atoms. The minimum absolute atomic E-state index is 0.0318. The maximum atomic E-state index is 12.4. The van der Waals surface area contributed by atoms with Crippen LogP contribution < -0.4 is 10.5 Å². The van der Waals surface area contributed by atoms with Crippen LogP contribution >= 0.6 is 0 Å². The van der Waals surface area contributed by atoms with Gasteiger partial charge < -0.3 is 5.73 Å². The van der Waals surface area contributed by atoms with Crippen molar-refractivity contribution >= 4 is 10.0 Å². The Hall–Kier alpha value is -0.910. The van der Waals surface area contributed by atoms with Crippen molar-refractivity contribution in [2.45, 2.75) is 57.4 Å². The van der Waals surface area contributed by atoms with Crippen molar-refractivity contribution in [3.63, 3.8) is 0 Å². The molecular weight excluding hydrogens is 284 g/mol. The summed E-state index contributed by atoms with van der Waals surface area (Å²) in [6, 6.07) is 7.57. The van der Waals surface area contributed by atoms with Crippen molar-refractivity contribution in [1.82, 2.24) is 4.72 Å². The molecule has 2 atom stereocenters. The number of nitrogens with one attached hydrogen (secondary N) is 1. The van der Waals surface area contributed by atoms with Gasteiger partial charge in [-0.2, -0.15) is 0 Å². The first kappa shape index (κ1) is 16.5. The highest BCUT2D eigenvalue weighted by atomic mass is 32.2. The molecule has 3 N–H and O–H groups in total. The predicted molar refractivity (Wildman–Crippen MR) is 86.1 cm³/mol. The molecule has 118 valence electrons. The zero-order chi connectivity index (χ0) is 15.3. The molecule has 1 fully saturated rings. The van der Waals surface area contributed by atoms with E-state index in [0.29, 0.717) is 12.5 Å². The van der Waals surface area contributed by atoms with Gasteiger partial charge in [-0.15, -0.1) is 0 Å². The van der Waals surface area contributed by atoms with Gasteiger partial charge in [0.1, 0.15) is 0 Å². The predicted octanol–water partition coefficient (Wildman–Crippen LogP) is 2.53. The van der Waals surface area contributed by atoms with Gasteiger partial charge in [-0.25, -0.2) is 13.1 Å². The van der Waals surface area contributed by atoms with Crippen molar-refractivity contribution in [3.8, 4) is 0 Å². The lowest BCUT2D eigenvalue weighted by Gasteiger charge is -2.22. The minimum Gasteiger partial charge on any atom is -0.326 e. The minimum atomic E-state index is -3.30. The Kier molecular flexibility index (Phi) is 5.79. The molecule has 2 rings (SSSR count). The third kappa shape index (κ3) is 5.09. The number of rotatable bonds is 5. The third-order valence-electron chi connectivity index (χ3n) is 4.28. The molecule has 0 aliphatic heterocycles. The smallest absolute Gasteiger partial charge is 0.216 e. The summed E-state index contributed by atoms with van der Waals surface area (Å²) in [5, 5.41) is 0. The van der Waals surface area contributed by atoms with Crippen LogP contribution in [0, 0.1) is 5.92 Å². The van der Waals surface area contributed by atoms with E-state index in [1.165, 1.54) is 12.8 Å². The Balaban J connectivity index is 2.03. The molecule has 2 unspecified atom stereocenters. The second-order valence-electron chi connectivity index (χ2n) is 6.12. The summed E-state index contributed by atoms with van der Waals surface area (Å²) in [5.41, 5.74) is 7.36. The lowest BCUT2D eigenvalue weighted by atomic mass is 9.98. The fourth-order valence-corrected chi connectivity index (χ4v) is 4.52. The summed E-state index contributed by atoms with van der Waals surface area (Å²) in [6.07, 6.45) is 5.58. The van der Waals surface area contributed by atoms with Gasteiger partial charge in [0.25, 0.3) is 0 Å². The van der Waals surface area contributed by atoms with Gasteiger partial charge in [-0.05, 0) is 29.9 Å². The van der Waals surface area contributed by atoms with Crippen LogP contribution in [-0.4, -0.2) is 14.5 Å². The van der Waals surface area contributed by atoms with E-state index in [9.17, 15) is 8.42 Å². The highest BCUT2D eigenvalue weighted by molar-refractivity contribution is 7.88. The molecule has 0 bridgehead atoms. The molecule has 1 aromatic rings. The van der Waals surface area contributed by atoms with Gasteiger partial charge in [0.05, 0.1) is 5.75 Å². The highest BCUT2D eigenvalue weighted by Gasteiger charge is 2.24. The second-order valence-corrected chi connectivity index (χ2v) is 7.88. The van der Waals surface area contributed by atoms with Crippen LogP contribution in [0.1, 0.15) is 50.2 Å². The fourth-order valence-electron chi connectivity index (χ4n) is 3.01. The van der Waals surface area contributed by atoms with E-state index in [2.05, 4.69) is 11.6 Å². The molecule has 0 amide bonds. The third-order valence-corrected chi connectivity index (χ3v) is 5.65. The Morgan fingerprint density at radius 2 is 1.90 bits per heavy atom. The first-order valence-corrected chi connectivity index (χ1v) is 9.43. The largest absolute Gasteiger partial charge is 0.326 e. The average molecular weight is 310 g/mol.